The van der Waals surface area contributed by atoms with E-state index in [1.54, 1.807) is 0 Å². The minimum Gasteiger partial charge on any atom is -0.462 e. The lowest BCUT2D eigenvalue weighted by Crippen LogP contribution is -2.30. The van der Waals surface area contributed by atoms with E-state index in [1.807, 2.05) is 0 Å². The molecule has 0 spiro atoms. The lowest BCUT2D eigenvalue weighted by molar-refractivity contribution is -0.167. The summed E-state index contributed by atoms with van der Waals surface area (Å²) in [6.07, 6.45) is 98.0. The summed E-state index contributed by atoms with van der Waals surface area (Å²) in [5.74, 6) is -0.923. The summed E-state index contributed by atoms with van der Waals surface area (Å²) in [7, 11) is 0. The number of hydrogen-bond donors (Lipinski definition) is 0. The van der Waals surface area contributed by atoms with Crippen LogP contribution in [-0.4, -0.2) is 37.2 Å². The van der Waals surface area contributed by atoms with Crippen LogP contribution in [0.1, 0.15) is 329 Å². The molecule has 0 radical (unpaired) electrons. The Balaban J connectivity index is 4.29. The van der Waals surface area contributed by atoms with Crippen molar-refractivity contribution in [1.82, 2.24) is 0 Å². The van der Waals surface area contributed by atoms with Crippen molar-refractivity contribution in [1.29, 1.82) is 0 Å². The zero-order valence-corrected chi connectivity index (χ0v) is 54.4. The van der Waals surface area contributed by atoms with Crippen LogP contribution >= 0.6 is 0 Å². The molecule has 0 aromatic rings. The quantitative estimate of drug-likeness (QED) is 0.0261. The van der Waals surface area contributed by atoms with Gasteiger partial charge in [0.2, 0.25) is 0 Å². The van der Waals surface area contributed by atoms with Gasteiger partial charge in [-0.3, -0.25) is 14.4 Å². The average molecular weight is 1150 g/mol. The summed E-state index contributed by atoms with van der Waals surface area (Å²) in [5, 5.41) is 0. The monoisotopic (exact) mass is 1150 g/mol. The molecule has 0 saturated carbocycles. The number of rotatable bonds is 63. The van der Waals surface area contributed by atoms with Crippen LogP contribution in [0.25, 0.3) is 0 Å². The van der Waals surface area contributed by atoms with E-state index in [9.17, 15) is 14.4 Å². The van der Waals surface area contributed by atoms with Gasteiger partial charge in [0.15, 0.2) is 6.10 Å². The van der Waals surface area contributed by atoms with Gasteiger partial charge in [-0.1, -0.05) is 303 Å². The Labute approximate surface area is 513 Å². The molecule has 0 aromatic carbocycles. The highest BCUT2D eigenvalue weighted by molar-refractivity contribution is 5.71. The zero-order chi connectivity index (χ0) is 59.9. The predicted molar refractivity (Wildman–Crippen MR) is 362 cm³/mol. The van der Waals surface area contributed by atoms with E-state index in [4.69, 9.17) is 14.2 Å². The summed E-state index contributed by atoms with van der Waals surface area (Å²) in [4.78, 5) is 38.4. The molecular formula is C77H130O6. The van der Waals surface area contributed by atoms with Gasteiger partial charge in [-0.05, 0) is 128 Å². The molecule has 0 fully saturated rings. The van der Waals surface area contributed by atoms with Crippen LogP contribution in [-0.2, 0) is 28.6 Å². The maximum absolute atomic E-state index is 12.9. The number of hydrogen-bond acceptors (Lipinski definition) is 6. The van der Waals surface area contributed by atoms with E-state index >= 15 is 0 Å². The standard InChI is InChI=1S/C77H130O6/c1-4-7-10-13-16-19-22-25-28-30-32-33-34-35-36-37-38-39-40-41-42-43-45-46-49-52-55-58-61-64-67-70-76(79)82-73-74(72-81-75(78)69-66-63-60-57-54-51-48-27-24-21-18-15-12-9-6-3)83-77(80)71-68-65-62-59-56-53-50-47-44-31-29-26-23-20-17-14-11-8-5-2/h7-8,10-11,16-17,19-20,25-29,32-33,44,47-48,53,56,74H,4-6,9,12-15,18,21-24,30-31,34-43,45-46,49-52,54-55,57-73H2,1-3H3/b10-7-,11-8-,19-16-,20-17-,28-25-,29-26-,33-32-,47-44-,48-27-,56-53-. The Kier molecular flexibility index (Phi) is 66.7. The summed E-state index contributed by atoms with van der Waals surface area (Å²) >= 11 is 0. The Morgan fingerprint density at radius 2 is 0.470 bits per heavy atom. The number of carbonyl (C=O) groups excluding carboxylic acids is 3. The second kappa shape index (κ2) is 70.3. The van der Waals surface area contributed by atoms with E-state index < -0.39 is 6.10 Å². The molecule has 0 aliphatic heterocycles. The van der Waals surface area contributed by atoms with Crippen molar-refractivity contribution in [2.45, 2.75) is 335 Å². The molecule has 6 nitrogen and oxygen atoms in total. The largest absolute Gasteiger partial charge is 0.462 e. The van der Waals surface area contributed by atoms with E-state index in [2.05, 4.69) is 142 Å². The number of carbonyl (C=O) groups is 3. The highest BCUT2D eigenvalue weighted by Crippen LogP contribution is 2.17. The molecule has 0 saturated heterocycles. The Hall–Kier alpha value is -4.19. The third-order valence-corrected chi connectivity index (χ3v) is 14.9. The molecule has 0 bridgehead atoms. The molecule has 83 heavy (non-hydrogen) atoms. The van der Waals surface area contributed by atoms with Crippen molar-refractivity contribution in [3.63, 3.8) is 0 Å². The number of esters is 3. The first-order valence-corrected chi connectivity index (χ1v) is 35.0. The first-order chi connectivity index (χ1) is 41.0. The third-order valence-electron chi connectivity index (χ3n) is 14.9. The van der Waals surface area contributed by atoms with Crippen LogP contribution in [0.15, 0.2) is 122 Å². The second-order valence-electron chi connectivity index (χ2n) is 23.0. The van der Waals surface area contributed by atoms with Crippen molar-refractivity contribution in [2.24, 2.45) is 0 Å². The van der Waals surface area contributed by atoms with E-state index in [0.717, 1.165) is 128 Å². The first-order valence-electron chi connectivity index (χ1n) is 35.0. The summed E-state index contributed by atoms with van der Waals surface area (Å²) < 4.78 is 16.9. The maximum atomic E-state index is 12.9. The SMILES string of the molecule is CC/C=C\C/C=C\C/C=C\C/C=C\C/C=C\CCCCCC(=O)OC(COC(=O)CCCCCCC/C=C\CCCCCCCC)COC(=O)CCCCCCCCCCCCCCCCCCCC/C=C\C/C=C\C/C=C\C/C=C\CC. The maximum Gasteiger partial charge on any atom is 0.306 e. The van der Waals surface area contributed by atoms with Crippen LogP contribution in [0.3, 0.4) is 0 Å². The molecule has 0 amide bonds. The third kappa shape index (κ3) is 68.5. The van der Waals surface area contributed by atoms with Crippen LogP contribution in [0.4, 0.5) is 0 Å². The Morgan fingerprint density at radius 1 is 0.253 bits per heavy atom. The average Bonchev–Trinajstić information content (AvgIpc) is 3.49. The fraction of sp³-hybridized carbons (Fsp3) is 0.701. The molecule has 0 aliphatic carbocycles. The van der Waals surface area contributed by atoms with Gasteiger partial charge < -0.3 is 14.2 Å². The fourth-order valence-electron chi connectivity index (χ4n) is 9.75. The molecule has 0 N–H and O–H groups in total. The van der Waals surface area contributed by atoms with Crippen molar-refractivity contribution in [3.05, 3.63) is 122 Å². The fourth-order valence-corrected chi connectivity index (χ4v) is 9.75. The Morgan fingerprint density at radius 3 is 0.759 bits per heavy atom. The molecule has 474 valence electrons. The van der Waals surface area contributed by atoms with Gasteiger partial charge >= 0.3 is 17.9 Å². The normalized spacial score (nSPS) is 12.9. The highest BCUT2D eigenvalue weighted by atomic mass is 16.6. The molecule has 6 heteroatoms. The smallest absolute Gasteiger partial charge is 0.306 e. The summed E-state index contributed by atoms with van der Waals surface area (Å²) in [6.45, 7) is 6.40. The van der Waals surface area contributed by atoms with E-state index in [-0.39, 0.29) is 37.5 Å². The van der Waals surface area contributed by atoms with Gasteiger partial charge in [0.05, 0.1) is 0 Å². The number of ether oxygens (including phenoxy) is 3. The van der Waals surface area contributed by atoms with Crippen LogP contribution in [0.2, 0.25) is 0 Å². The van der Waals surface area contributed by atoms with Crippen molar-refractivity contribution < 1.29 is 28.6 Å². The Bertz CT molecular complexity index is 1700. The molecule has 0 heterocycles. The van der Waals surface area contributed by atoms with Crippen molar-refractivity contribution in [2.75, 3.05) is 13.2 Å². The summed E-state index contributed by atoms with van der Waals surface area (Å²) in [5.41, 5.74) is 0. The van der Waals surface area contributed by atoms with E-state index in [1.165, 1.54) is 161 Å². The van der Waals surface area contributed by atoms with Gasteiger partial charge in [0.1, 0.15) is 13.2 Å². The van der Waals surface area contributed by atoms with Gasteiger partial charge in [-0.15, -0.1) is 0 Å². The number of unbranched alkanes of at least 4 members (excludes halogenated alkanes) is 32. The van der Waals surface area contributed by atoms with Crippen LogP contribution < -0.4 is 0 Å². The van der Waals surface area contributed by atoms with Gasteiger partial charge in [0.25, 0.3) is 0 Å². The first kappa shape index (κ1) is 78.8. The van der Waals surface area contributed by atoms with Crippen molar-refractivity contribution >= 4 is 17.9 Å². The lowest BCUT2D eigenvalue weighted by atomic mass is 10.0. The van der Waals surface area contributed by atoms with Crippen molar-refractivity contribution in [3.8, 4) is 0 Å². The van der Waals surface area contributed by atoms with Crippen LogP contribution in [0, 0.1) is 0 Å². The molecular weight excluding hydrogens is 1020 g/mol. The summed E-state index contributed by atoms with van der Waals surface area (Å²) in [6, 6.07) is 0. The van der Waals surface area contributed by atoms with Gasteiger partial charge in [-0.2, -0.15) is 0 Å². The van der Waals surface area contributed by atoms with Gasteiger partial charge in [-0.25, -0.2) is 0 Å². The molecule has 0 rings (SSSR count). The minimum absolute atomic E-state index is 0.0933. The van der Waals surface area contributed by atoms with E-state index in [0.29, 0.717) is 12.8 Å². The molecule has 0 aliphatic rings. The van der Waals surface area contributed by atoms with Gasteiger partial charge in [0, 0.05) is 19.3 Å². The topological polar surface area (TPSA) is 78.9 Å². The second-order valence-corrected chi connectivity index (χ2v) is 23.0. The molecule has 1 unspecified atom stereocenters. The van der Waals surface area contributed by atoms with Crippen LogP contribution in [0.5, 0.6) is 0 Å². The highest BCUT2D eigenvalue weighted by Gasteiger charge is 2.19. The molecule has 1 atom stereocenters. The minimum atomic E-state index is -0.802. The molecule has 0 aromatic heterocycles. The number of allylic oxidation sites excluding steroid dienone is 20. The predicted octanol–water partition coefficient (Wildman–Crippen LogP) is 24.3. The lowest BCUT2D eigenvalue weighted by Gasteiger charge is -2.18. The zero-order valence-electron chi connectivity index (χ0n) is 54.4.